The minimum Gasteiger partial charge on any atom is -0.379 e. The number of nitro groups is 1. The van der Waals surface area contributed by atoms with Crippen LogP contribution in [0.25, 0.3) is 0 Å². The second-order valence-corrected chi connectivity index (χ2v) is 7.07. The Bertz CT molecular complexity index is 869. The third-order valence-electron chi connectivity index (χ3n) is 4.60. The lowest BCUT2D eigenvalue weighted by molar-refractivity contribution is -0.384. The van der Waals surface area contributed by atoms with Crippen molar-refractivity contribution in [1.29, 1.82) is 0 Å². The Morgan fingerprint density at radius 2 is 1.76 bits per heavy atom. The van der Waals surface area contributed by atoms with Crippen molar-refractivity contribution >= 4 is 23.0 Å². The van der Waals surface area contributed by atoms with E-state index >= 15 is 0 Å². The van der Waals surface area contributed by atoms with E-state index in [1.54, 1.807) is 0 Å². The van der Waals surface area contributed by atoms with Crippen molar-refractivity contribution in [2.24, 2.45) is 0 Å². The highest BCUT2D eigenvalue weighted by Crippen LogP contribution is 2.40. The van der Waals surface area contributed by atoms with Crippen molar-refractivity contribution < 1.29 is 22.8 Å². The molecule has 0 aliphatic carbocycles. The number of hydrogen-bond donors (Lipinski definition) is 1. The average molecular weight is 430 g/mol. The van der Waals surface area contributed by atoms with Gasteiger partial charge in [-0.2, -0.15) is 13.2 Å². The molecule has 156 valence electrons. The lowest BCUT2D eigenvalue weighted by atomic mass is 10.1. The van der Waals surface area contributed by atoms with E-state index in [4.69, 9.17) is 16.3 Å². The van der Waals surface area contributed by atoms with Crippen molar-refractivity contribution in [2.45, 2.75) is 19.3 Å². The third kappa shape index (κ3) is 5.59. The highest BCUT2D eigenvalue weighted by atomic mass is 35.5. The number of hydrogen-bond acceptors (Lipinski definition) is 5. The Kier molecular flexibility index (Phi) is 6.61. The van der Waals surface area contributed by atoms with Gasteiger partial charge >= 0.3 is 6.18 Å². The summed E-state index contributed by atoms with van der Waals surface area (Å²) in [5.41, 5.74) is -0.0137. The molecule has 1 saturated heterocycles. The maximum Gasteiger partial charge on any atom is 0.418 e. The Balaban J connectivity index is 1.69. The number of halogens is 4. The van der Waals surface area contributed by atoms with Gasteiger partial charge in [-0.1, -0.05) is 35.9 Å². The number of nitro benzene ring substituents is 1. The van der Waals surface area contributed by atoms with Gasteiger partial charge in [0.1, 0.15) is 5.69 Å². The predicted molar refractivity (Wildman–Crippen MR) is 103 cm³/mol. The molecule has 0 radical (unpaired) electrons. The highest BCUT2D eigenvalue weighted by Gasteiger charge is 2.36. The molecule has 6 nitrogen and oxygen atoms in total. The number of ether oxygens (including phenoxy) is 1. The molecule has 0 spiro atoms. The number of anilines is 1. The maximum absolute atomic E-state index is 12.9. The standard InChI is InChI=1S/C19H19ClF3N3O3/c20-16-10-17(18(26(27)28)9-15(16)19(21,22)23)24-11-13-1-3-14(4-2-13)12-25-5-7-29-8-6-25/h1-4,9-10,24H,5-8,11-12H2. The lowest BCUT2D eigenvalue weighted by Crippen LogP contribution is -2.35. The number of rotatable bonds is 6. The smallest absolute Gasteiger partial charge is 0.379 e. The minimum absolute atomic E-state index is 0.0645. The van der Waals surface area contributed by atoms with E-state index in [9.17, 15) is 23.3 Å². The van der Waals surface area contributed by atoms with Crippen LogP contribution in [0.5, 0.6) is 0 Å². The quantitative estimate of drug-likeness (QED) is 0.532. The molecule has 0 bridgehead atoms. The van der Waals surface area contributed by atoms with Crippen molar-refractivity contribution in [3.8, 4) is 0 Å². The summed E-state index contributed by atoms with van der Waals surface area (Å²) >= 11 is 5.69. The molecule has 2 aromatic carbocycles. The van der Waals surface area contributed by atoms with Gasteiger partial charge in [0.25, 0.3) is 5.69 Å². The molecule has 1 aliphatic heterocycles. The van der Waals surface area contributed by atoms with Crippen molar-refractivity contribution in [3.05, 3.63) is 68.2 Å². The average Bonchev–Trinajstić information content (AvgIpc) is 2.67. The number of benzene rings is 2. The molecule has 0 unspecified atom stereocenters. The molecular weight excluding hydrogens is 411 g/mol. The zero-order valence-corrected chi connectivity index (χ0v) is 16.1. The van der Waals surface area contributed by atoms with E-state index in [0.717, 1.165) is 50.0 Å². The second kappa shape index (κ2) is 8.98. The number of morpholine rings is 1. The van der Waals surface area contributed by atoms with Crippen LogP contribution in [-0.4, -0.2) is 36.1 Å². The van der Waals surface area contributed by atoms with Gasteiger partial charge in [-0.3, -0.25) is 15.0 Å². The molecule has 1 aliphatic rings. The van der Waals surface area contributed by atoms with Crippen LogP contribution in [0.4, 0.5) is 24.5 Å². The number of nitrogens with one attached hydrogen (secondary N) is 1. The largest absolute Gasteiger partial charge is 0.418 e. The zero-order valence-electron chi connectivity index (χ0n) is 15.3. The summed E-state index contributed by atoms with van der Waals surface area (Å²) in [6.07, 6.45) is -4.77. The molecule has 2 aromatic rings. The Labute approximate surface area is 170 Å². The summed E-state index contributed by atoms with van der Waals surface area (Å²) in [6, 6.07) is 9.06. The first-order valence-corrected chi connectivity index (χ1v) is 9.29. The summed E-state index contributed by atoms with van der Waals surface area (Å²) in [6.45, 7) is 4.20. The normalized spacial score (nSPS) is 15.3. The van der Waals surface area contributed by atoms with Gasteiger partial charge in [0.15, 0.2) is 0 Å². The fourth-order valence-electron chi connectivity index (χ4n) is 3.05. The topological polar surface area (TPSA) is 67.6 Å². The van der Waals surface area contributed by atoms with E-state index in [1.807, 2.05) is 24.3 Å². The van der Waals surface area contributed by atoms with Gasteiger partial charge in [0, 0.05) is 32.2 Å². The SMILES string of the molecule is O=[N+]([O-])c1cc(C(F)(F)F)c(Cl)cc1NCc1ccc(CN2CCOCC2)cc1. The molecule has 1 heterocycles. The fourth-order valence-corrected chi connectivity index (χ4v) is 3.32. The van der Waals surface area contributed by atoms with Crippen LogP contribution in [0.1, 0.15) is 16.7 Å². The molecule has 0 amide bonds. The van der Waals surface area contributed by atoms with Gasteiger partial charge in [-0.05, 0) is 17.2 Å². The molecule has 0 saturated carbocycles. The number of nitrogens with zero attached hydrogens (tertiary/aromatic N) is 2. The first-order chi connectivity index (χ1) is 13.7. The highest BCUT2D eigenvalue weighted by molar-refractivity contribution is 6.31. The summed E-state index contributed by atoms with van der Waals surface area (Å²) in [4.78, 5) is 12.6. The van der Waals surface area contributed by atoms with Crippen molar-refractivity contribution in [1.82, 2.24) is 4.90 Å². The molecule has 0 atom stereocenters. The molecule has 29 heavy (non-hydrogen) atoms. The molecule has 1 fully saturated rings. The first-order valence-electron chi connectivity index (χ1n) is 8.91. The van der Waals surface area contributed by atoms with E-state index in [1.165, 1.54) is 0 Å². The summed E-state index contributed by atoms with van der Waals surface area (Å²) in [7, 11) is 0. The van der Waals surface area contributed by atoms with Crippen molar-refractivity contribution in [3.63, 3.8) is 0 Å². The van der Waals surface area contributed by atoms with Crippen LogP contribution in [-0.2, 0) is 24.0 Å². The lowest BCUT2D eigenvalue weighted by Gasteiger charge is -2.26. The first kappa shape index (κ1) is 21.4. The molecule has 0 aromatic heterocycles. The zero-order chi connectivity index (χ0) is 21.0. The Hall–Kier alpha value is -2.36. The van der Waals surface area contributed by atoms with Crippen LogP contribution in [0.2, 0.25) is 5.02 Å². The van der Waals surface area contributed by atoms with Gasteiger partial charge < -0.3 is 10.1 Å². The predicted octanol–water partition coefficient (Wildman–Crippen LogP) is 4.71. The van der Waals surface area contributed by atoms with Gasteiger partial charge in [0.2, 0.25) is 0 Å². The van der Waals surface area contributed by atoms with E-state index in [-0.39, 0.29) is 12.2 Å². The summed E-state index contributed by atoms with van der Waals surface area (Å²) < 4.78 is 44.1. The molecule has 3 rings (SSSR count). The minimum atomic E-state index is -4.77. The van der Waals surface area contributed by atoms with Crippen molar-refractivity contribution in [2.75, 3.05) is 31.6 Å². The molecule has 1 N–H and O–H groups in total. The van der Waals surface area contributed by atoms with Gasteiger partial charge in [-0.25, -0.2) is 0 Å². The maximum atomic E-state index is 12.9. The van der Waals surface area contributed by atoms with Crippen LogP contribution >= 0.6 is 11.6 Å². The Morgan fingerprint density at radius 3 is 2.34 bits per heavy atom. The summed E-state index contributed by atoms with van der Waals surface area (Å²) in [5, 5.41) is 13.4. The van der Waals surface area contributed by atoms with Gasteiger partial charge in [0.05, 0.1) is 28.7 Å². The Morgan fingerprint density at radius 1 is 1.14 bits per heavy atom. The van der Waals surface area contributed by atoms with Crippen LogP contribution in [0.3, 0.4) is 0 Å². The van der Waals surface area contributed by atoms with Crippen LogP contribution < -0.4 is 5.32 Å². The van der Waals surface area contributed by atoms with Gasteiger partial charge in [-0.15, -0.1) is 0 Å². The monoisotopic (exact) mass is 429 g/mol. The number of alkyl halides is 3. The third-order valence-corrected chi connectivity index (χ3v) is 4.92. The molecular formula is C19H19ClF3N3O3. The summed E-state index contributed by atoms with van der Waals surface area (Å²) in [5.74, 6) is 0. The van der Waals surface area contributed by atoms with Crippen LogP contribution in [0.15, 0.2) is 36.4 Å². The fraction of sp³-hybridized carbons (Fsp3) is 0.368. The van der Waals surface area contributed by atoms with E-state index in [0.29, 0.717) is 6.07 Å². The van der Waals surface area contributed by atoms with E-state index < -0.39 is 27.4 Å². The second-order valence-electron chi connectivity index (χ2n) is 6.66. The van der Waals surface area contributed by atoms with E-state index in [2.05, 4.69) is 10.2 Å². The van der Waals surface area contributed by atoms with Crippen LogP contribution in [0, 0.1) is 10.1 Å². The molecule has 10 heteroatoms.